The minimum atomic E-state index is 0. The van der Waals surface area contributed by atoms with Gasteiger partial charge in [-0.05, 0) is 0 Å². The van der Waals surface area contributed by atoms with Gasteiger partial charge >= 0.3 is 0 Å². The van der Waals surface area contributed by atoms with Crippen LogP contribution in [0.3, 0.4) is 0 Å². The molecule has 0 heterocycles. The molecule has 1 fully saturated rings. The van der Waals surface area contributed by atoms with Crippen molar-refractivity contribution in [2.24, 2.45) is 0 Å². The third-order valence-corrected chi connectivity index (χ3v) is 0.289. The predicted octanol–water partition coefficient (Wildman–Crippen LogP) is 0.982. The first-order chi connectivity index (χ1) is 1.50. The summed E-state index contributed by atoms with van der Waals surface area (Å²) in [6.45, 7) is 0. The van der Waals surface area contributed by atoms with Gasteiger partial charge in [-0.25, -0.2) is 12.8 Å². The smallest absolute Gasteiger partial charge is 0 e. The van der Waals surface area contributed by atoms with Crippen molar-refractivity contribution in [1.82, 2.24) is 0 Å². The Morgan fingerprint density at radius 2 is 1.50 bits per heavy atom. The molecule has 1 saturated carbocycles. The molecule has 0 amide bonds. The molecular weight excluding hydrogens is 228 g/mol. The van der Waals surface area contributed by atoms with Gasteiger partial charge in [-0.2, -0.15) is 0 Å². The van der Waals surface area contributed by atoms with Crippen LogP contribution in [-0.4, -0.2) is 0 Å². The Kier molecular flexibility index (Phi) is 2.24. The monoisotopic (exact) mass is 234 g/mol. The summed E-state index contributed by atoms with van der Waals surface area (Å²) in [6, 6.07) is 0. The van der Waals surface area contributed by atoms with Crippen LogP contribution in [0.5, 0.6) is 0 Å². The SMILES string of the molecule is [CH-]1CC1.[Ir]. The number of hydrogen-bond donors (Lipinski definition) is 0. The second kappa shape index (κ2) is 1.92. The maximum atomic E-state index is 2.25. The second-order valence-corrected chi connectivity index (χ2v) is 0.866. The summed E-state index contributed by atoms with van der Waals surface area (Å²) in [4.78, 5) is 0. The molecule has 0 aliphatic heterocycles. The maximum Gasteiger partial charge on any atom is 0 e. The van der Waals surface area contributed by atoms with Crippen LogP contribution in [0.2, 0.25) is 0 Å². The van der Waals surface area contributed by atoms with Gasteiger partial charge in [-0.3, -0.25) is 0 Å². The molecule has 0 aromatic rings. The van der Waals surface area contributed by atoms with E-state index in [0.717, 1.165) is 0 Å². The zero-order valence-corrected chi connectivity index (χ0v) is 4.72. The summed E-state index contributed by atoms with van der Waals surface area (Å²) in [5, 5.41) is 0. The van der Waals surface area contributed by atoms with Crippen LogP contribution in [0.25, 0.3) is 0 Å². The van der Waals surface area contributed by atoms with E-state index in [-0.39, 0.29) is 20.1 Å². The third-order valence-electron chi connectivity index (χ3n) is 0.289. The zero-order chi connectivity index (χ0) is 2.12. The molecule has 0 atom stereocenters. The average molecular weight is 233 g/mol. The molecule has 0 bridgehead atoms. The van der Waals surface area contributed by atoms with Crippen LogP contribution in [-0.2, 0) is 20.1 Å². The van der Waals surface area contributed by atoms with Crippen LogP contribution in [0.15, 0.2) is 0 Å². The fraction of sp³-hybridized carbons (Fsp3) is 0.667. The molecule has 0 aromatic carbocycles. The minimum Gasteiger partial charge on any atom is -0.333 e. The molecule has 0 aromatic heterocycles. The molecular formula is C3H5Ir-. The zero-order valence-electron chi connectivity index (χ0n) is 2.32. The topological polar surface area (TPSA) is 0 Å². The summed E-state index contributed by atoms with van der Waals surface area (Å²) >= 11 is 0. The van der Waals surface area contributed by atoms with E-state index in [4.69, 9.17) is 0 Å². The fourth-order valence-electron chi connectivity index (χ4n) is 0. The van der Waals surface area contributed by atoms with Crippen molar-refractivity contribution in [3.63, 3.8) is 0 Å². The quantitative estimate of drug-likeness (QED) is 0.547. The predicted molar refractivity (Wildman–Crippen MR) is 13.5 cm³/mol. The van der Waals surface area contributed by atoms with Crippen LogP contribution >= 0.6 is 0 Å². The summed E-state index contributed by atoms with van der Waals surface area (Å²) < 4.78 is 0. The number of hydrogen-bond acceptors (Lipinski definition) is 0. The molecule has 0 N–H and O–H groups in total. The van der Waals surface area contributed by atoms with E-state index in [9.17, 15) is 0 Å². The normalized spacial score (nSPS) is 18.0. The first-order valence-corrected chi connectivity index (χ1v) is 1.32. The van der Waals surface area contributed by atoms with E-state index in [2.05, 4.69) is 6.42 Å². The van der Waals surface area contributed by atoms with Crippen molar-refractivity contribution in [2.45, 2.75) is 12.8 Å². The van der Waals surface area contributed by atoms with Crippen LogP contribution in [0, 0.1) is 6.42 Å². The molecule has 1 aliphatic carbocycles. The van der Waals surface area contributed by atoms with Crippen molar-refractivity contribution in [3.05, 3.63) is 6.42 Å². The summed E-state index contributed by atoms with van der Waals surface area (Å²) in [5.41, 5.74) is 0. The van der Waals surface area contributed by atoms with Crippen molar-refractivity contribution < 1.29 is 20.1 Å². The third kappa shape index (κ3) is 2.65. The van der Waals surface area contributed by atoms with Gasteiger partial charge < -0.3 is 6.42 Å². The standard InChI is InChI=1S/C3H5.Ir/c1-2-3-1;/h1H,2-3H2;/q-1;. The largest absolute Gasteiger partial charge is 0.333 e. The van der Waals surface area contributed by atoms with Gasteiger partial charge in [0.25, 0.3) is 0 Å². The maximum absolute atomic E-state index is 2.25. The van der Waals surface area contributed by atoms with E-state index >= 15 is 0 Å². The molecule has 4 heavy (non-hydrogen) atoms. The molecule has 0 nitrogen and oxygen atoms in total. The van der Waals surface area contributed by atoms with E-state index < -0.39 is 0 Å². The summed E-state index contributed by atoms with van der Waals surface area (Å²) in [6.07, 6.45) is 5.00. The van der Waals surface area contributed by atoms with Gasteiger partial charge in [-0.1, -0.05) is 0 Å². The Morgan fingerprint density at radius 1 is 1.25 bits per heavy atom. The van der Waals surface area contributed by atoms with Crippen molar-refractivity contribution >= 4 is 0 Å². The van der Waals surface area contributed by atoms with Crippen molar-refractivity contribution in [1.29, 1.82) is 0 Å². The molecule has 1 aliphatic rings. The Morgan fingerprint density at radius 3 is 1.50 bits per heavy atom. The van der Waals surface area contributed by atoms with Gasteiger partial charge in [0, 0.05) is 20.1 Å². The van der Waals surface area contributed by atoms with Gasteiger partial charge in [-0.15, -0.1) is 0 Å². The van der Waals surface area contributed by atoms with Gasteiger partial charge in [0.15, 0.2) is 0 Å². The van der Waals surface area contributed by atoms with Crippen LogP contribution < -0.4 is 0 Å². The first kappa shape index (κ1) is 4.65. The Labute approximate surface area is 39.9 Å². The second-order valence-electron chi connectivity index (χ2n) is 0.866. The van der Waals surface area contributed by atoms with Crippen LogP contribution in [0.4, 0.5) is 0 Å². The van der Waals surface area contributed by atoms with E-state index in [1.165, 1.54) is 12.8 Å². The summed E-state index contributed by atoms with van der Waals surface area (Å²) in [5.74, 6) is 0. The molecule has 0 spiro atoms. The van der Waals surface area contributed by atoms with E-state index in [0.29, 0.717) is 0 Å². The van der Waals surface area contributed by atoms with Gasteiger partial charge in [0.2, 0.25) is 0 Å². The Bertz CT molecular complexity index is 8.00. The molecule has 27 valence electrons. The molecule has 0 unspecified atom stereocenters. The average Bonchev–Trinajstić information content (AvgIpc) is 1.46. The summed E-state index contributed by atoms with van der Waals surface area (Å²) in [7, 11) is 0. The fourth-order valence-corrected chi connectivity index (χ4v) is 0. The molecule has 1 heteroatoms. The molecule has 1 rings (SSSR count). The van der Waals surface area contributed by atoms with Gasteiger partial charge in [0.05, 0.1) is 0 Å². The Balaban J connectivity index is 0.0000000900. The van der Waals surface area contributed by atoms with Crippen LogP contribution in [0.1, 0.15) is 12.8 Å². The molecule has 1 radical (unpaired) electrons. The van der Waals surface area contributed by atoms with Crippen molar-refractivity contribution in [3.8, 4) is 0 Å². The Hall–Kier alpha value is 0.649. The van der Waals surface area contributed by atoms with Gasteiger partial charge in [0.1, 0.15) is 0 Å². The van der Waals surface area contributed by atoms with Crippen molar-refractivity contribution in [2.75, 3.05) is 0 Å². The minimum absolute atomic E-state index is 0. The number of rotatable bonds is 0. The van der Waals surface area contributed by atoms with E-state index in [1.54, 1.807) is 0 Å². The first-order valence-electron chi connectivity index (χ1n) is 1.32. The molecule has 0 saturated heterocycles. The van der Waals surface area contributed by atoms with E-state index in [1.807, 2.05) is 0 Å².